The molecule has 25 heavy (non-hydrogen) atoms. The zero-order chi connectivity index (χ0) is 18.4. The molecule has 0 aliphatic heterocycles. The molecule has 0 radical (unpaired) electrons. The van der Waals surface area contributed by atoms with Crippen LogP contribution in [0, 0.1) is 0 Å². The first-order chi connectivity index (χ1) is 11.7. The van der Waals surface area contributed by atoms with Gasteiger partial charge in [-0.3, -0.25) is 8.98 Å². The smallest absolute Gasteiger partial charge is 0.338 e. The van der Waals surface area contributed by atoms with E-state index in [1.807, 2.05) is 0 Å². The van der Waals surface area contributed by atoms with Gasteiger partial charge in [0.05, 0.1) is 17.9 Å². The first kappa shape index (κ1) is 19.1. The van der Waals surface area contributed by atoms with Gasteiger partial charge in [0.1, 0.15) is 12.2 Å². The lowest BCUT2D eigenvalue weighted by Crippen LogP contribution is -2.27. The summed E-state index contributed by atoms with van der Waals surface area (Å²) in [6, 6.07) is 8.45. The van der Waals surface area contributed by atoms with Crippen molar-refractivity contribution in [3.8, 4) is 0 Å². The fourth-order valence-corrected chi connectivity index (χ4v) is 3.16. The molecule has 2 rings (SSSR count). The van der Waals surface area contributed by atoms with Crippen LogP contribution in [0.5, 0.6) is 0 Å². The predicted octanol–water partition coefficient (Wildman–Crippen LogP) is 1.84. The maximum Gasteiger partial charge on any atom is 0.338 e. The Labute approximate surface area is 146 Å². The average Bonchev–Trinajstić information content (AvgIpc) is 2.67. The highest BCUT2D eigenvalue weighted by atomic mass is 32.2. The number of ether oxygens (including phenoxy) is 2. The largest absolute Gasteiger partial charge is 0.458 e. The molecule has 0 N–H and O–H groups in total. The number of hydrogen-bond donors (Lipinski definition) is 0. The van der Waals surface area contributed by atoms with Gasteiger partial charge in [0.25, 0.3) is 10.1 Å². The summed E-state index contributed by atoms with van der Waals surface area (Å²) in [5.74, 6) is -1.02. The average molecular weight is 368 g/mol. The minimum absolute atomic E-state index is 0.139. The highest BCUT2D eigenvalue weighted by molar-refractivity contribution is 7.86. The molecule has 7 nitrogen and oxygen atoms in total. The summed E-state index contributed by atoms with van der Waals surface area (Å²) in [6.45, 7) is 1.26. The molecule has 3 atom stereocenters. The van der Waals surface area contributed by atoms with E-state index in [0.29, 0.717) is 5.56 Å². The Hall–Kier alpha value is -2.19. The van der Waals surface area contributed by atoms with Crippen molar-refractivity contribution in [2.45, 2.75) is 38.1 Å². The number of benzene rings is 1. The maximum absolute atomic E-state index is 12.2. The minimum Gasteiger partial charge on any atom is -0.458 e. The van der Waals surface area contributed by atoms with Gasteiger partial charge in [-0.15, -0.1) is 0 Å². The van der Waals surface area contributed by atoms with Crippen LogP contribution in [0.25, 0.3) is 0 Å². The SMILES string of the molecule is CC(=O)O[C@@H]1C=C[C@H](OC(=O)c2ccccc2)C[C@@H](OS(C)(=O)=O)C1. The van der Waals surface area contributed by atoms with E-state index >= 15 is 0 Å². The lowest BCUT2D eigenvalue weighted by Gasteiger charge is -2.20. The van der Waals surface area contributed by atoms with Gasteiger partial charge in [-0.2, -0.15) is 8.42 Å². The zero-order valence-electron chi connectivity index (χ0n) is 14.0. The third-order valence-electron chi connectivity index (χ3n) is 3.43. The molecular weight excluding hydrogens is 348 g/mol. The van der Waals surface area contributed by atoms with Crippen LogP contribution < -0.4 is 0 Å². The van der Waals surface area contributed by atoms with E-state index < -0.39 is 40.4 Å². The fraction of sp³-hybridized carbons (Fsp3) is 0.412. The Morgan fingerprint density at radius 3 is 2.08 bits per heavy atom. The van der Waals surface area contributed by atoms with Crippen LogP contribution in [0.2, 0.25) is 0 Å². The first-order valence-corrected chi connectivity index (χ1v) is 9.54. The van der Waals surface area contributed by atoms with Crippen molar-refractivity contribution in [1.82, 2.24) is 0 Å². The fourth-order valence-electron chi connectivity index (χ4n) is 2.51. The monoisotopic (exact) mass is 368 g/mol. The summed E-state index contributed by atoms with van der Waals surface area (Å²) < 4.78 is 38.4. The molecule has 0 aromatic heterocycles. The number of rotatable bonds is 5. The van der Waals surface area contributed by atoms with Crippen LogP contribution in [0.15, 0.2) is 42.5 Å². The molecule has 0 bridgehead atoms. The van der Waals surface area contributed by atoms with Gasteiger partial charge in [-0.05, 0) is 24.3 Å². The summed E-state index contributed by atoms with van der Waals surface area (Å²) >= 11 is 0. The molecular formula is C17H20O7S. The minimum atomic E-state index is -3.70. The van der Waals surface area contributed by atoms with E-state index in [2.05, 4.69) is 0 Å². The van der Waals surface area contributed by atoms with E-state index in [0.717, 1.165) is 6.26 Å². The lowest BCUT2D eigenvalue weighted by atomic mass is 10.1. The molecule has 0 saturated carbocycles. The molecule has 1 aliphatic rings. The molecule has 0 amide bonds. The normalized spacial score (nSPS) is 23.5. The summed E-state index contributed by atoms with van der Waals surface area (Å²) in [5.41, 5.74) is 0.386. The third kappa shape index (κ3) is 6.67. The predicted molar refractivity (Wildman–Crippen MR) is 89.3 cm³/mol. The Morgan fingerprint density at radius 2 is 1.56 bits per heavy atom. The van der Waals surface area contributed by atoms with Crippen molar-refractivity contribution in [3.05, 3.63) is 48.0 Å². The van der Waals surface area contributed by atoms with Gasteiger partial charge in [-0.25, -0.2) is 4.79 Å². The summed E-state index contributed by atoms with van der Waals surface area (Å²) in [6.07, 6.45) is 2.28. The second kappa shape index (κ2) is 8.26. The van der Waals surface area contributed by atoms with E-state index in [1.165, 1.54) is 6.92 Å². The standard InChI is InChI=1S/C17H20O7S/c1-12(18)22-14-8-9-15(11-16(10-14)24-25(2,20)21)23-17(19)13-6-4-3-5-7-13/h3-9,14-16H,10-11H2,1-2H3/t14-,15+,16+/m1/s1. The number of esters is 2. The van der Waals surface area contributed by atoms with Gasteiger partial charge >= 0.3 is 11.9 Å². The van der Waals surface area contributed by atoms with Crippen LogP contribution in [0.1, 0.15) is 30.1 Å². The van der Waals surface area contributed by atoms with E-state index in [9.17, 15) is 18.0 Å². The van der Waals surface area contributed by atoms with Gasteiger partial charge in [0.15, 0.2) is 0 Å². The topological polar surface area (TPSA) is 96.0 Å². The van der Waals surface area contributed by atoms with Crippen LogP contribution >= 0.6 is 0 Å². The van der Waals surface area contributed by atoms with Gasteiger partial charge in [0, 0.05) is 19.8 Å². The number of carbonyl (C=O) groups is 2. The molecule has 8 heteroatoms. The molecule has 0 spiro atoms. The lowest BCUT2D eigenvalue weighted by molar-refractivity contribution is -0.144. The number of carbonyl (C=O) groups excluding carboxylic acids is 2. The zero-order valence-corrected chi connectivity index (χ0v) is 14.8. The molecule has 1 aromatic carbocycles. The summed E-state index contributed by atoms with van der Waals surface area (Å²) in [7, 11) is -3.70. The number of hydrogen-bond acceptors (Lipinski definition) is 7. The second-order valence-electron chi connectivity index (χ2n) is 5.74. The Balaban J connectivity index is 2.12. The maximum atomic E-state index is 12.2. The van der Waals surface area contributed by atoms with Gasteiger partial charge in [0.2, 0.25) is 0 Å². The highest BCUT2D eigenvalue weighted by Gasteiger charge is 2.29. The van der Waals surface area contributed by atoms with Crippen LogP contribution in [-0.4, -0.2) is 44.9 Å². The second-order valence-corrected chi connectivity index (χ2v) is 7.34. The van der Waals surface area contributed by atoms with E-state index in [1.54, 1.807) is 42.5 Å². The Morgan fingerprint density at radius 1 is 1.00 bits per heavy atom. The third-order valence-corrected chi connectivity index (χ3v) is 4.05. The summed E-state index contributed by atoms with van der Waals surface area (Å²) in [5, 5.41) is 0. The van der Waals surface area contributed by atoms with Crippen molar-refractivity contribution in [1.29, 1.82) is 0 Å². The van der Waals surface area contributed by atoms with E-state index in [-0.39, 0.29) is 12.8 Å². The first-order valence-electron chi connectivity index (χ1n) is 7.73. The molecule has 0 fully saturated rings. The van der Waals surface area contributed by atoms with Crippen molar-refractivity contribution < 1.29 is 31.7 Å². The van der Waals surface area contributed by atoms with E-state index in [4.69, 9.17) is 13.7 Å². The van der Waals surface area contributed by atoms with Crippen molar-refractivity contribution in [3.63, 3.8) is 0 Å². The highest BCUT2D eigenvalue weighted by Crippen LogP contribution is 2.22. The Kier molecular flexibility index (Phi) is 6.33. The molecule has 0 unspecified atom stereocenters. The van der Waals surface area contributed by atoms with Crippen molar-refractivity contribution >= 4 is 22.1 Å². The van der Waals surface area contributed by atoms with Crippen LogP contribution in [-0.2, 0) is 28.6 Å². The summed E-state index contributed by atoms with van der Waals surface area (Å²) in [4.78, 5) is 23.3. The molecule has 1 aliphatic carbocycles. The van der Waals surface area contributed by atoms with Crippen LogP contribution in [0.3, 0.4) is 0 Å². The molecule has 1 aromatic rings. The molecule has 0 saturated heterocycles. The molecule has 0 heterocycles. The van der Waals surface area contributed by atoms with Crippen LogP contribution in [0.4, 0.5) is 0 Å². The van der Waals surface area contributed by atoms with Crippen molar-refractivity contribution in [2.24, 2.45) is 0 Å². The quantitative estimate of drug-likeness (QED) is 0.444. The van der Waals surface area contributed by atoms with Gasteiger partial charge in [-0.1, -0.05) is 18.2 Å². The van der Waals surface area contributed by atoms with Gasteiger partial charge < -0.3 is 9.47 Å². The Bertz CT molecular complexity index is 740. The molecule has 136 valence electrons. The van der Waals surface area contributed by atoms with Crippen molar-refractivity contribution in [2.75, 3.05) is 6.26 Å².